The zero-order chi connectivity index (χ0) is 46.5. The molecule has 2 amide bonds. The maximum atomic E-state index is 13.0. The van der Waals surface area contributed by atoms with Gasteiger partial charge in [0.05, 0.1) is 31.2 Å². The molecule has 340 valence electrons. The lowest BCUT2D eigenvalue weighted by Crippen LogP contribution is -2.46. The van der Waals surface area contributed by atoms with Crippen LogP contribution in [0.5, 0.6) is 23.0 Å². The van der Waals surface area contributed by atoms with Gasteiger partial charge in [0.2, 0.25) is 0 Å². The number of aromatic nitrogens is 6. The van der Waals surface area contributed by atoms with Crippen LogP contribution in [-0.4, -0.2) is 104 Å². The summed E-state index contributed by atoms with van der Waals surface area (Å²) in [7, 11) is 6.46. The van der Waals surface area contributed by atoms with Gasteiger partial charge < -0.3 is 44.7 Å². The molecule has 7 aromatic rings. The fourth-order valence-corrected chi connectivity index (χ4v) is 8.07. The van der Waals surface area contributed by atoms with Gasteiger partial charge in [-0.25, -0.2) is 29.2 Å². The van der Waals surface area contributed by atoms with Crippen molar-refractivity contribution in [2.75, 3.05) is 74.4 Å². The van der Waals surface area contributed by atoms with Crippen molar-refractivity contribution < 1.29 is 24.5 Å². The molecule has 0 unspecified atom stereocenters. The van der Waals surface area contributed by atoms with E-state index in [1.165, 1.54) is 41.8 Å². The molecule has 0 atom stereocenters. The Morgan fingerprint density at radius 2 is 1.57 bits per heavy atom. The summed E-state index contributed by atoms with van der Waals surface area (Å²) in [6.07, 6.45) is 3.34. The van der Waals surface area contributed by atoms with E-state index < -0.39 is 11.7 Å². The van der Waals surface area contributed by atoms with Crippen LogP contribution in [-0.2, 0) is 7.05 Å². The van der Waals surface area contributed by atoms with Gasteiger partial charge in [-0.15, -0.1) is 0 Å². The summed E-state index contributed by atoms with van der Waals surface area (Å²) in [6, 6.07) is 21.5. The van der Waals surface area contributed by atoms with Gasteiger partial charge in [-0.05, 0) is 72.6 Å². The molecular weight excluding hydrogens is 873 g/mol. The third-order valence-corrected chi connectivity index (χ3v) is 12.0. The number of urea groups is 1. The number of benzene rings is 4. The predicted octanol–water partition coefficient (Wildman–Crippen LogP) is 8.61. The standard InChI is InChI=1S/C26H31Cl2N7O3.C20H20N4O3/c1-5-34-10-12-35(13-11-34)18-8-6-17(7-9-18)31-21-15-22(30-16-29-21)33(2)26(36)32-25-23(27)19(37-3)14-20(38-4)24(25)28;1-11(2)14-9-15(18(26)10-17(14)25)19-21-22-20(27)24(19)13-4-5-16-12(8-13)6-7-23(16)3/h6-9,14-16H,5,10-13H2,1-4H3,(H,32,36)(H,29,30,31);4-11,25-26H,1-3H3,(H,22,27). The highest BCUT2D eigenvalue weighted by molar-refractivity contribution is 6.41. The number of piperazine rings is 1. The Morgan fingerprint density at radius 1 is 0.892 bits per heavy atom. The number of H-pyrrole nitrogens is 1. The Morgan fingerprint density at radius 3 is 2.22 bits per heavy atom. The van der Waals surface area contributed by atoms with Gasteiger partial charge in [-0.3, -0.25) is 4.90 Å². The molecule has 0 bridgehead atoms. The monoisotopic (exact) mass is 923 g/mol. The highest BCUT2D eigenvalue weighted by Crippen LogP contribution is 2.44. The number of aryl methyl sites for hydroxylation is 1. The van der Waals surface area contributed by atoms with Crippen molar-refractivity contribution in [1.82, 2.24) is 34.2 Å². The molecule has 19 heteroatoms. The Kier molecular flexibility index (Phi) is 14.1. The van der Waals surface area contributed by atoms with E-state index in [1.54, 1.807) is 25.2 Å². The molecule has 3 aromatic heterocycles. The van der Waals surface area contributed by atoms with E-state index in [0.29, 0.717) is 39.9 Å². The fourth-order valence-electron chi connectivity index (χ4n) is 7.48. The van der Waals surface area contributed by atoms with Crippen LogP contribution < -0.4 is 35.6 Å². The molecule has 0 spiro atoms. The van der Waals surface area contributed by atoms with Gasteiger partial charge in [0, 0.05) is 86.9 Å². The summed E-state index contributed by atoms with van der Waals surface area (Å²) in [5, 5.41) is 34.3. The van der Waals surface area contributed by atoms with Crippen LogP contribution in [0.2, 0.25) is 10.0 Å². The van der Waals surface area contributed by atoms with Crippen molar-refractivity contribution in [2.24, 2.45) is 7.05 Å². The number of aromatic hydroxyl groups is 2. The van der Waals surface area contributed by atoms with Crippen molar-refractivity contribution in [2.45, 2.75) is 26.7 Å². The van der Waals surface area contributed by atoms with E-state index in [-0.39, 0.29) is 39.0 Å². The lowest BCUT2D eigenvalue weighted by atomic mass is 9.98. The van der Waals surface area contributed by atoms with Crippen LogP contribution in [0, 0.1) is 0 Å². The summed E-state index contributed by atoms with van der Waals surface area (Å²) in [6.45, 7) is 11.4. The second-order valence-corrected chi connectivity index (χ2v) is 16.3. The lowest BCUT2D eigenvalue weighted by molar-refractivity contribution is 0.258. The first-order valence-corrected chi connectivity index (χ1v) is 21.6. The molecule has 65 heavy (non-hydrogen) atoms. The summed E-state index contributed by atoms with van der Waals surface area (Å²) >= 11 is 12.8. The summed E-state index contributed by atoms with van der Waals surface area (Å²) in [5.41, 5.74) is 4.57. The van der Waals surface area contributed by atoms with Gasteiger partial charge in [-0.2, -0.15) is 5.10 Å². The molecule has 0 aliphatic carbocycles. The first-order chi connectivity index (χ1) is 31.2. The number of ether oxygens (including phenoxy) is 2. The van der Waals surface area contributed by atoms with Crippen LogP contribution in [0.4, 0.5) is 33.5 Å². The maximum absolute atomic E-state index is 13.0. The van der Waals surface area contributed by atoms with E-state index in [1.807, 2.05) is 68.1 Å². The van der Waals surface area contributed by atoms with Gasteiger partial charge >= 0.3 is 11.7 Å². The summed E-state index contributed by atoms with van der Waals surface area (Å²) in [5.74, 6) is 1.74. The number of phenolic OH excluding ortho intramolecular Hbond substituents is 2. The number of nitrogens with one attached hydrogen (secondary N) is 3. The summed E-state index contributed by atoms with van der Waals surface area (Å²) < 4.78 is 13.9. The SMILES string of the molecule is CC(C)c1cc(-c2n[nH]c(=O)n2-c2ccc3c(ccn3C)c2)c(O)cc1O.CCN1CCN(c2ccc(Nc3cc(N(C)C(=O)Nc4c(Cl)c(OC)cc(OC)c4Cl)ncn3)cc2)CC1. The van der Waals surface area contributed by atoms with Crippen LogP contribution in [0.25, 0.3) is 28.0 Å². The number of rotatable bonds is 11. The third-order valence-electron chi connectivity index (χ3n) is 11.2. The van der Waals surface area contributed by atoms with Crippen molar-refractivity contribution in [3.8, 4) is 40.1 Å². The number of carbonyl (C=O) groups excluding carboxylic acids is 1. The Balaban J connectivity index is 0.000000205. The molecule has 4 aromatic carbocycles. The number of phenols is 2. The van der Waals surface area contributed by atoms with Crippen LogP contribution in [0.3, 0.4) is 0 Å². The predicted molar refractivity (Wildman–Crippen MR) is 257 cm³/mol. The number of halogens is 2. The van der Waals surface area contributed by atoms with Crippen molar-refractivity contribution in [3.05, 3.63) is 111 Å². The zero-order valence-electron chi connectivity index (χ0n) is 37.1. The number of likely N-dealkylation sites (N-methyl/N-ethyl adjacent to an activating group) is 1. The van der Waals surface area contributed by atoms with Gasteiger partial charge in [-0.1, -0.05) is 44.0 Å². The third kappa shape index (κ3) is 9.92. The first kappa shape index (κ1) is 46.1. The average molecular weight is 925 g/mol. The van der Waals surface area contributed by atoms with E-state index in [0.717, 1.165) is 49.3 Å². The smallest absolute Gasteiger partial charge is 0.348 e. The normalized spacial score (nSPS) is 12.8. The zero-order valence-corrected chi connectivity index (χ0v) is 38.6. The average Bonchev–Trinajstić information content (AvgIpc) is 3.88. The maximum Gasteiger partial charge on any atom is 0.348 e. The van der Waals surface area contributed by atoms with Gasteiger partial charge in [0.1, 0.15) is 51.0 Å². The van der Waals surface area contributed by atoms with E-state index in [9.17, 15) is 19.8 Å². The summed E-state index contributed by atoms with van der Waals surface area (Å²) in [4.78, 5) is 40.2. The minimum atomic E-state index is -0.513. The van der Waals surface area contributed by atoms with E-state index in [2.05, 4.69) is 59.7 Å². The molecule has 0 radical (unpaired) electrons. The minimum Gasteiger partial charge on any atom is -0.508 e. The molecule has 4 heterocycles. The highest BCUT2D eigenvalue weighted by atomic mass is 35.5. The quantitative estimate of drug-likeness (QED) is 0.0832. The molecule has 1 saturated heterocycles. The number of carbonyl (C=O) groups is 1. The number of hydrogen-bond donors (Lipinski definition) is 5. The molecule has 1 fully saturated rings. The number of nitrogens with zero attached hydrogens (tertiary/aromatic N) is 8. The minimum absolute atomic E-state index is 0.0152. The molecule has 0 saturated carbocycles. The largest absolute Gasteiger partial charge is 0.508 e. The second-order valence-electron chi connectivity index (χ2n) is 15.6. The van der Waals surface area contributed by atoms with Crippen LogP contribution >= 0.6 is 23.2 Å². The number of anilines is 5. The number of fused-ring (bicyclic) bond motifs is 1. The molecule has 8 rings (SSSR count). The Hall–Kier alpha value is -6.95. The fraction of sp³-hybridized carbons (Fsp3) is 0.283. The van der Waals surface area contributed by atoms with E-state index in [4.69, 9.17) is 32.7 Å². The molecular formula is C46H51Cl2N11O6. The molecule has 17 nitrogen and oxygen atoms in total. The topological polar surface area (TPSA) is 191 Å². The molecule has 1 aliphatic heterocycles. The highest BCUT2D eigenvalue weighted by Gasteiger charge is 2.23. The van der Waals surface area contributed by atoms with Crippen molar-refractivity contribution in [3.63, 3.8) is 0 Å². The van der Waals surface area contributed by atoms with Crippen molar-refractivity contribution >= 4 is 68.8 Å². The van der Waals surface area contributed by atoms with E-state index >= 15 is 0 Å². The Bertz CT molecular complexity index is 2840. The number of methoxy groups -OCH3 is 2. The Labute approximate surface area is 385 Å². The van der Waals surface area contributed by atoms with Crippen LogP contribution in [0.1, 0.15) is 32.3 Å². The number of hydrogen-bond acceptors (Lipinski definition) is 12. The lowest BCUT2D eigenvalue weighted by Gasteiger charge is -2.35. The second kappa shape index (κ2) is 19.8. The molecule has 1 aliphatic rings. The molecule has 5 N–H and O–H groups in total. The number of amides is 2. The van der Waals surface area contributed by atoms with Gasteiger partial charge in [0.15, 0.2) is 5.82 Å². The van der Waals surface area contributed by atoms with Crippen molar-refractivity contribution in [1.29, 1.82) is 0 Å². The first-order valence-electron chi connectivity index (χ1n) is 20.8. The van der Waals surface area contributed by atoms with Gasteiger partial charge in [0.25, 0.3) is 0 Å². The van der Waals surface area contributed by atoms with Crippen LogP contribution in [0.15, 0.2) is 90.1 Å². The number of aromatic amines is 1.